The van der Waals surface area contributed by atoms with Crippen molar-refractivity contribution in [2.24, 2.45) is 11.8 Å². The third kappa shape index (κ3) is 14.8. The van der Waals surface area contributed by atoms with Crippen molar-refractivity contribution in [2.75, 3.05) is 6.61 Å². The number of benzene rings is 4. The highest BCUT2D eigenvalue weighted by Gasteiger charge is 2.32. The average molecular weight is 847 g/mol. The van der Waals surface area contributed by atoms with E-state index in [1.165, 1.54) is 4.90 Å². The number of carbonyl (C=O) groups is 5. The number of nitrogens with zero attached hydrogens (tertiary/aromatic N) is 4. The van der Waals surface area contributed by atoms with Crippen LogP contribution in [-0.2, 0) is 41.7 Å². The number of esters is 1. The Hall–Kier alpha value is -6.70. The molecular weight excluding hydrogens is 789 g/mol. The number of nitrogens with one attached hydrogen (secondary N) is 2. The van der Waals surface area contributed by atoms with E-state index < -0.39 is 18.0 Å². The van der Waals surface area contributed by atoms with E-state index in [1.807, 2.05) is 124 Å². The highest BCUT2D eigenvalue weighted by molar-refractivity contribution is 5.84. The summed E-state index contributed by atoms with van der Waals surface area (Å²) < 4.78 is 5.07. The molecular formula is C48H58N6O8. The molecule has 0 unspecified atom stereocenters. The number of ether oxygens (including phenoxy) is 1. The minimum atomic E-state index is -1.02. The Balaban J connectivity index is 0.000000273. The highest BCUT2D eigenvalue weighted by atomic mass is 16.5. The highest BCUT2D eigenvalue weighted by Crippen LogP contribution is 2.30. The van der Waals surface area contributed by atoms with Crippen molar-refractivity contribution >= 4 is 29.7 Å². The summed E-state index contributed by atoms with van der Waals surface area (Å²) in [6.07, 6.45) is 2.61. The molecule has 0 aliphatic heterocycles. The fraction of sp³-hybridized carbons (Fsp3) is 0.375. The topological polar surface area (TPSA) is 205 Å². The summed E-state index contributed by atoms with van der Waals surface area (Å²) in [5, 5.41) is 35.7. The number of H-pyrrole nitrogens is 1. The molecule has 0 bridgehead atoms. The van der Waals surface area contributed by atoms with Gasteiger partial charge in [-0.15, -0.1) is 10.2 Å². The molecule has 3 atom stereocenters. The van der Waals surface area contributed by atoms with Crippen molar-refractivity contribution < 1.29 is 38.9 Å². The first kappa shape index (κ1) is 48.0. The second-order valence-electron chi connectivity index (χ2n) is 15.4. The number of carboxylic acids is 2. The number of amides is 2. The first-order valence-electron chi connectivity index (χ1n) is 21.1. The summed E-state index contributed by atoms with van der Waals surface area (Å²) in [6, 6.07) is 32.5. The van der Waals surface area contributed by atoms with Crippen LogP contribution in [0, 0.1) is 11.8 Å². The SMILES string of the molecule is CCCCC(=O)N(Cc1ccc(-c2ccccc2-c2nn[nH]n2)cc1)[C@H](C(=O)O)C(C)C.CCOC(=O)[C@H](C)C[C@@H](Cc1ccc(-c2ccccc2)cc1)NC(=O)CCC(=O)O. The van der Waals surface area contributed by atoms with Crippen LogP contribution in [0.1, 0.15) is 84.3 Å². The molecule has 0 saturated heterocycles. The van der Waals surface area contributed by atoms with Gasteiger partial charge in [-0.25, -0.2) is 4.79 Å². The maximum Gasteiger partial charge on any atom is 0.326 e. The van der Waals surface area contributed by atoms with E-state index in [0.29, 0.717) is 31.7 Å². The Kier molecular flexibility index (Phi) is 19.0. The molecule has 0 saturated carbocycles. The number of hydrogen-bond acceptors (Lipinski definition) is 9. The summed E-state index contributed by atoms with van der Waals surface area (Å²) in [5.41, 5.74) is 6.91. The predicted octanol–water partition coefficient (Wildman–Crippen LogP) is 8.00. The minimum absolute atomic E-state index is 0.0907. The first-order valence-corrected chi connectivity index (χ1v) is 21.1. The first-order chi connectivity index (χ1) is 29.8. The number of aromatic nitrogens is 4. The summed E-state index contributed by atoms with van der Waals surface area (Å²) in [4.78, 5) is 61.2. The second-order valence-corrected chi connectivity index (χ2v) is 15.4. The maximum atomic E-state index is 12.9. The molecule has 0 aliphatic carbocycles. The van der Waals surface area contributed by atoms with Gasteiger partial charge in [-0.2, -0.15) is 5.21 Å². The zero-order chi connectivity index (χ0) is 45.0. The quantitative estimate of drug-likeness (QED) is 0.0521. The van der Waals surface area contributed by atoms with Crippen LogP contribution in [0.4, 0.5) is 0 Å². The van der Waals surface area contributed by atoms with Gasteiger partial charge in [0.15, 0.2) is 0 Å². The Morgan fingerprint density at radius 1 is 0.742 bits per heavy atom. The lowest BCUT2D eigenvalue weighted by Crippen LogP contribution is -2.47. The van der Waals surface area contributed by atoms with Crippen LogP contribution in [-0.4, -0.2) is 84.1 Å². The van der Waals surface area contributed by atoms with Gasteiger partial charge in [0.05, 0.1) is 18.9 Å². The third-order valence-electron chi connectivity index (χ3n) is 10.2. The van der Waals surface area contributed by atoms with Crippen LogP contribution >= 0.6 is 0 Å². The molecule has 1 aromatic heterocycles. The zero-order valence-corrected chi connectivity index (χ0v) is 36.1. The monoisotopic (exact) mass is 846 g/mol. The molecule has 5 rings (SSSR count). The van der Waals surface area contributed by atoms with Gasteiger partial charge in [0.25, 0.3) is 0 Å². The summed E-state index contributed by atoms with van der Waals surface area (Å²) in [7, 11) is 0. The van der Waals surface area contributed by atoms with E-state index in [4.69, 9.17) is 9.84 Å². The fourth-order valence-electron chi connectivity index (χ4n) is 7.05. The number of hydrogen-bond donors (Lipinski definition) is 4. The Bertz CT molecular complexity index is 2180. The van der Waals surface area contributed by atoms with Crippen LogP contribution in [0.3, 0.4) is 0 Å². The summed E-state index contributed by atoms with van der Waals surface area (Å²) in [6.45, 7) is 9.76. The van der Waals surface area contributed by atoms with Crippen LogP contribution in [0.15, 0.2) is 103 Å². The van der Waals surface area contributed by atoms with Crippen molar-refractivity contribution in [3.8, 4) is 33.6 Å². The van der Waals surface area contributed by atoms with E-state index in [-0.39, 0.29) is 55.0 Å². The molecule has 0 radical (unpaired) electrons. The molecule has 0 spiro atoms. The third-order valence-corrected chi connectivity index (χ3v) is 10.2. The van der Waals surface area contributed by atoms with Gasteiger partial charge in [0, 0.05) is 31.0 Å². The molecule has 62 heavy (non-hydrogen) atoms. The smallest absolute Gasteiger partial charge is 0.326 e. The van der Waals surface area contributed by atoms with E-state index in [0.717, 1.165) is 51.8 Å². The summed E-state index contributed by atoms with van der Waals surface area (Å²) in [5.74, 6) is -2.81. The Labute approximate surface area is 363 Å². The van der Waals surface area contributed by atoms with Gasteiger partial charge in [-0.05, 0) is 70.7 Å². The van der Waals surface area contributed by atoms with E-state index in [9.17, 15) is 29.1 Å². The van der Waals surface area contributed by atoms with E-state index in [2.05, 4.69) is 25.9 Å². The molecule has 0 aliphatic rings. The number of aliphatic carboxylic acids is 2. The van der Waals surface area contributed by atoms with Crippen molar-refractivity contribution in [1.82, 2.24) is 30.8 Å². The van der Waals surface area contributed by atoms with E-state index in [1.54, 1.807) is 13.8 Å². The lowest BCUT2D eigenvalue weighted by atomic mass is 9.94. The maximum absolute atomic E-state index is 12.9. The summed E-state index contributed by atoms with van der Waals surface area (Å²) >= 11 is 0. The molecule has 1 heterocycles. The zero-order valence-electron chi connectivity index (χ0n) is 36.1. The van der Waals surface area contributed by atoms with Gasteiger partial charge in [0.1, 0.15) is 6.04 Å². The van der Waals surface area contributed by atoms with Crippen molar-refractivity contribution in [3.63, 3.8) is 0 Å². The minimum Gasteiger partial charge on any atom is -0.481 e. The molecule has 328 valence electrons. The molecule has 14 heteroatoms. The molecule has 5 aromatic rings. The molecule has 4 aromatic carbocycles. The largest absolute Gasteiger partial charge is 0.481 e. The number of aromatic amines is 1. The number of carbonyl (C=O) groups excluding carboxylic acids is 3. The van der Waals surface area contributed by atoms with Gasteiger partial charge < -0.3 is 25.2 Å². The van der Waals surface area contributed by atoms with Gasteiger partial charge in [-0.3, -0.25) is 19.2 Å². The number of unbranched alkanes of at least 4 members (excludes halogenated alkanes) is 1. The lowest BCUT2D eigenvalue weighted by molar-refractivity contribution is -0.153. The standard InChI is InChI=1S/C24H29N5O3.C24H29NO5/c1-4-5-10-21(30)29(22(16(2)3)24(31)32)15-17-11-13-18(14-12-17)19-8-6-7-9-20(19)23-25-27-28-26-23;1-3-30-24(29)17(2)15-21(25-22(26)13-14-23(27)28)16-18-9-11-20(12-10-18)19-7-5-4-6-8-19/h6-9,11-14,16,22H,4-5,10,15H2,1-3H3,(H,31,32)(H,25,26,27,28);4-12,17,21H,3,13-16H2,1-2H3,(H,25,26)(H,27,28)/t22-;17-,21+/m01/s1. The number of carboxylic acid groups (broad SMARTS) is 2. The normalized spacial score (nSPS) is 12.3. The lowest BCUT2D eigenvalue weighted by Gasteiger charge is -2.32. The average Bonchev–Trinajstić information content (AvgIpc) is 3.81. The van der Waals surface area contributed by atoms with Crippen LogP contribution in [0.25, 0.3) is 33.6 Å². The van der Waals surface area contributed by atoms with Crippen molar-refractivity contribution in [1.29, 1.82) is 0 Å². The Morgan fingerprint density at radius 2 is 1.35 bits per heavy atom. The molecule has 0 fully saturated rings. The molecule has 14 nitrogen and oxygen atoms in total. The van der Waals surface area contributed by atoms with Crippen molar-refractivity contribution in [2.45, 2.75) is 98.2 Å². The molecule has 2 amide bonds. The van der Waals surface area contributed by atoms with E-state index >= 15 is 0 Å². The van der Waals surface area contributed by atoms with Gasteiger partial charge in [-0.1, -0.05) is 137 Å². The predicted molar refractivity (Wildman–Crippen MR) is 236 cm³/mol. The van der Waals surface area contributed by atoms with Crippen molar-refractivity contribution in [3.05, 3.63) is 114 Å². The van der Waals surface area contributed by atoms with Gasteiger partial charge in [0.2, 0.25) is 17.6 Å². The number of rotatable bonds is 21. The van der Waals surface area contributed by atoms with Gasteiger partial charge >= 0.3 is 17.9 Å². The van der Waals surface area contributed by atoms with Crippen LogP contribution in [0.2, 0.25) is 0 Å². The molecule has 4 N–H and O–H groups in total. The Morgan fingerprint density at radius 3 is 1.94 bits per heavy atom. The second kappa shape index (κ2) is 24.5. The fourth-order valence-corrected chi connectivity index (χ4v) is 7.05. The van der Waals surface area contributed by atoms with Crippen LogP contribution < -0.4 is 5.32 Å². The number of tetrazole rings is 1. The van der Waals surface area contributed by atoms with Crippen LogP contribution in [0.5, 0.6) is 0 Å².